The molecule has 1 fully saturated rings. The average Bonchev–Trinajstić information content (AvgIpc) is 2.92. The van der Waals surface area contributed by atoms with E-state index >= 15 is 0 Å². The molecule has 0 aliphatic carbocycles. The van der Waals surface area contributed by atoms with E-state index in [0.29, 0.717) is 0 Å². The van der Waals surface area contributed by atoms with Gasteiger partial charge >= 0.3 is 0 Å². The number of hydrogen-bond donors (Lipinski definition) is 1. The summed E-state index contributed by atoms with van der Waals surface area (Å²) in [5.74, 6) is 1.03. The molecule has 2 heterocycles. The van der Waals surface area contributed by atoms with Gasteiger partial charge < -0.3 is 10.2 Å². The Hall–Kier alpha value is -1.85. The molecule has 3 rings (SSSR count). The first-order valence-corrected chi connectivity index (χ1v) is 9.45. The van der Waals surface area contributed by atoms with Gasteiger partial charge in [0.2, 0.25) is 0 Å². The number of nitrogens with one attached hydrogen (secondary N) is 1. The number of thioether (sulfide) groups is 1. The van der Waals surface area contributed by atoms with Crippen molar-refractivity contribution >= 4 is 17.7 Å². The molecule has 1 aromatic heterocycles. The van der Waals surface area contributed by atoms with Gasteiger partial charge in [0.15, 0.2) is 0 Å². The maximum atomic E-state index is 12.9. The first-order chi connectivity index (χ1) is 11.8. The normalized spacial score (nSPS) is 15.1. The highest BCUT2D eigenvalue weighted by atomic mass is 32.2. The summed E-state index contributed by atoms with van der Waals surface area (Å²) in [6.07, 6.45) is 3.75. The number of rotatable bonds is 5. The fourth-order valence-corrected chi connectivity index (χ4v) is 3.78. The van der Waals surface area contributed by atoms with Crippen LogP contribution < -0.4 is 5.32 Å². The molecule has 0 bridgehead atoms. The predicted molar refractivity (Wildman–Crippen MR) is 98.5 cm³/mol. The van der Waals surface area contributed by atoms with Gasteiger partial charge in [0, 0.05) is 31.6 Å². The fraction of sp³-hybridized carbons (Fsp3) is 0.368. The lowest BCUT2D eigenvalue weighted by atomic mass is 10.2. The van der Waals surface area contributed by atoms with Gasteiger partial charge in [-0.2, -0.15) is 0 Å². The highest BCUT2D eigenvalue weighted by molar-refractivity contribution is 7.99. The largest absolute Gasteiger partial charge is 0.337 e. The summed E-state index contributed by atoms with van der Waals surface area (Å²) >= 11 is 1.67. The van der Waals surface area contributed by atoms with Crippen LogP contribution in [0.25, 0.3) is 0 Å². The molecule has 0 saturated carbocycles. The van der Waals surface area contributed by atoms with E-state index in [2.05, 4.69) is 34.6 Å². The third-order valence-electron chi connectivity index (χ3n) is 4.10. The van der Waals surface area contributed by atoms with Crippen molar-refractivity contribution in [3.63, 3.8) is 0 Å². The van der Waals surface area contributed by atoms with Gasteiger partial charge in [0.25, 0.3) is 5.91 Å². The average molecular weight is 341 g/mol. The van der Waals surface area contributed by atoms with Crippen LogP contribution in [-0.2, 0) is 6.42 Å². The van der Waals surface area contributed by atoms with Crippen LogP contribution in [0, 0.1) is 0 Å². The second kappa shape index (κ2) is 8.85. The highest BCUT2D eigenvalue weighted by Gasteiger charge is 2.20. The molecule has 1 amide bonds. The monoisotopic (exact) mass is 341 g/mol. The van der Waals surface area contributed by atoms with Crippen LogP contribution in [0.1, 0.15) is 22.3 Å². The smallest absolute Gasteiger partial charge is 0.256 e. The second-order valence-electron chi connectivity index (χ2n) is 5.84. The van der Waals surface area contributed by atoms with E-state index in [4.69, 9.17) is 0 Å². The van der Waals surface area contributed by atoms with Crippen molar-refractivity contribution in [2.45, 2.75) is 17.9 Å². The third-order valence-corrected chi connectivity index (χ3v) is 5.11. The summed E-state index contributed by atoms with van der Waals surface area (Å²) in [4.78, 5) is 19.2. The summed E-state index contributed by atoms with van der Waals surface area (Å²) in [6, 6.07) is 14.2. The molecule has 0 unspecified atom stereocenters. The Bertz CT molecular complexity index is 655. The Morgan fingerprint density at radius 3 is 2.88 bits per heavy atom. The topological polar surface area (TPSA) is 45.2 Å². The van der Waals surface area contributed by atoms with Gasteiger partial charge in [0.1, 0.15) is 5.03 Å². The van der Waals surface area contributed by atoms with Crippen molar-refractivity contribution in [3.8, 4) is 0 Å². The molecule has 24 heavy (non-hydrogen) atoms. The van der Waals surface area contributed by atoms with Crippen molar-refractivity contribution < 1.29 is 4.79 Å². The molecule has 5 heteroatoms. The van der Waals surface area contributed by atoms with Crippen LogP contribution in [0.2, 0.25) is 0 Å². The predicted octanol–water partition coefficient (Wildman–Crippen LogP) is 2.85. The zero-order valence-corrected chi connectivity index (χ0v) is 14.6. The second-order valence-corrected chi connectivity index (χ2v) is 6.92. The van der Waals surface area contributed by atoms with Crippen molar-refractivity contribution in [1.29, 1.82) is 0 Å². The molecule has 4 nitrogen and oxygen atoms in total. The molecule has 1 N–H and O–H groups in total. The molecule has 126 valence electrons. The van der Waals surface area contributed by atoms with E-state index in [1.165, 1.54) is 5.56 Å². The Balaban J connectivity index is 1.64. The van der Waals surface area contributed by atoms with Crippen molar-refractivity contribution in [2.24, 2.45) is 0 Å². The summed E-state index contributed by atoms with van der Waals surface area (Å²) in [6.45, 7) is 3.43. The van der Waals surface area contributed by atoms with E-state index < -0.39 is 0 Å². The zero-order valence-electron chi connectivity index (χ0n) is 13.8. The van der Waals surface area contributed by atoms with Gasteiger partial charge in [-0.05, 0) is 37.1 Å². The SMILES string of the molecule is O=C(c1cccnc1SCCc1ccccc1)N1CCCNCC1. The summed E-state index contributed by atoms with van der Waals surface area (Å²) < 4.78 is 0. The zero-order chi connectivity index (χ0) is 16.6. The van der Waals surface area contributed by atoms with Crippen LogP contribution >= 0.6 is 11.8 Å². The number of amides is 1. The standard InChI is InChI=1S/C19H23N3OS/c23-19(22-13-5-10-20-12-14-22)17-8-4-11-21-18(17)24-15-9-16-6-2-1-3-7-16/h1-4,6-8,11,20H,5,9-10,12-15H2. The highest BCUT2D eigenvalue weighted by Crippen LogP contribution is 2.22. The van der Waals surface area contributed by atoms with E-state index in [1.54, 1.807) is 18.0 Å². The number of aryl methyl sites for hydroxylation is 1. The quantitative estimate of drug-likeness (QED) is 0.850. The minimum atomic E-state index is 0.106. The van der Waals surface area contributed by atoms with Gasteiger partial charge in [-0.15, -0.1) is 11.8 Å². The van der Waals surface area contributed by atoms with E-state index in [0.717, 1.165) is 55.4 Å². The van der Waals surface area contributed by atoms with Gasteiger partial charge in [-0.1, -0.05) is 30.3 Å². The lowest BCUT2D eigenvalue weighted by molar-refractivity contribution is 0.0762. The maximum Gasteiger partial charge on any atom is 0.256 e. The molecular weight excluding hydrogens is 318 g/mol. The summed E-state index contributed by atoms with van der Waals surface area (Å²) in [5.41, 5.74) is 2.05. The summed E-state index contributed by atoms with van der Waals surface area (Å²) in [7, 11) is 0. The molecule has 2 aromatic rings. The van der Waals surface area contributed by atoms with Crippen LogP contribution in [0.15, 0.2) is 53.7 Å². The number of hydrogen-bond acceptors (Lipinski definition) is 4. The van der Waals surface area contributed by atoms with Crippen molar-refractivity contribution in [2.75, 3.05) is 31.9 Å². The third kappa shape index (κ3) is 4.58. The fourth-order valence-electron chi connectivity index (χ4n) is 2.80. The minimum Gasteiger partial charge on any atom is -0.337 e. The molecule has 1 aromatic carbocycles. The number of benzene rings is 1. The van der Waals surface area contributed by atoms with E-state index in [9.17, 15) is 4.79 Å². The Labute approximate surface area is 147 Å². The number of carbonyl (C=O) groups excluding carboxylic acids is 1. The molecule has 0 spiro atoms. The molecular formula is C19H23N3OS. The van der Waals surface area contributed by atoms with E-state index in [1.807, 2.05) is 23.1 Å². The number of carbonyl (C=O) groups is 1. The van der Waals surface area contributed by atoms with Crippen molar-refractivity contribution in [1.82, 2.24) is 15.2 Å². The Morgan fingerprint density at radius 2 is 2.00 bits per heavy atom. The van der Waals surface area contributed by atoms with Crippen LogP contribution in [0.3, 0.4) is 0 Å². The maximum absolute atomic E-state index is 12.9. The number of aromatic nitrogens is 1. The summed E-state index contributed by atoms with van der Waals surface area (Å²) in [5, 5.41) is 4.18. The van der Waals surface area contributed by atoms with Gasteiger partial charge in [-0.25, -0.2) is 4.98 Å². The first-order valence-electron chi connectivity index (χ1n) is 8.46. The number of nitrogens with zero attached hydrogens (tertiary/aromatic N) is 2. The van der Waals surface area contributed by atoms with Gasteiger partial charge in [0.05, 0.1) is 5.56 Å². The Morgan fingerprint density at radius 1 is 1.12 bits per heavy atom. The lowest BCUT2D eigenvalue weighted by Crippen LogP contribution is -2.34. The first kappa shape index (κ1) is 17.0. The molecule has 1 saturated heterocycles. The molecule has 0 atom stereocenters. The van der Waals surface area contributed by atoms with Gasteiger partial charge in [-0.3, -0.25) is 4.79 Å². The Kier molecular flexibility index (Phi) is 6.26. The molecule has 0 radical (unpaired) electrons. The molecule has 1 aliphatic heterocycles. The van der Waals surface area contributed by atoms with Crippen LogP contribution in [-0.4, -0.2) is 47.7 Å². The van der Waals surface area contributed by atoms with Crippen LogP contribution in [0.5, 0.6) is 0 Å². The van der Waals surface area contributed by atoms with E-state index in [-0.39, 0.29) is 5.91 Å². The van der Waals surface area contributed by atoms with Crippen LogP contribution in [0.4, 0.5) is 0 Å². The minimum absolute atomic E-state index is 0.106. The van der Waals surface area contributed by atoms with Crippen molar-refractivity contribution in [3.05, 3.63) is 59.8 Å². The lowest BCUT2D eigenvalue weighted by Gasteiger charge is -2.21. The number of pyridine rings is 1. The molecule has 1 aliphatic rings.